The SMILES string of the molecule is COc1ccc(Br)c(C(=O)OC(C)(C)C)c1. The molecule has 4 heteroatoms. The van der Waals surface area contributed by atoms with Crippen molar-refractivity contribution < 1.29 is 14.3 Å². The van der Waals surface area contributed by atoms with Crippen LogP contribution in [-0.2, 0) is 4.74 Å². The van der Waals surface area contributed by atoms with Crippen molar-refractivity contribution in [2.24, 2.45) is 0 Å². The maximum Gasteiger partial charge on any atom is 0.339 e. The molecule has 0 heterocycles. The zero-order chi connectivity index (χ0) is 12.3. The third-order valence-electron chi connectivity index (χ3n) is 1.79. The van der Waals surface area contributed by atoms with Gasteiger partial charge in [0.15, 0.2) is 0 Å². The Balaban J connectivity index is 2.98. The van der Waals surface area contributed by atoms with Crippen LogP contribution < -0.4 is 4.74 Å². The first kappa shape index (κ1) is 13.0. The summed E-state index contributed by atoms with van der Waals surface area (Å²) in [4.78, 5) is 11.8. The van der Waals surface area contributed by atoms with Crippen molar-refractivity contribution in [3.8, 4) is 5.75 Å². The Morgan fingerprint density at radius 2 is 1.94 bits per heavy atom. The Bertz CT molecular complexity index is 394. The van der Waals surface area contributed by atoms with E-state index in [9.17, 15) is 4.79 Å². The molecule has 0 unspecified atom stereocenters. The fraction of sp³-hybridized carbons (Fsp3) is 0.417. The molecular formula is C12H15BrO3. The molecule has 0 saturated carbocycles. The van der Waals surface area contributed by atoms with E-state index in [0.29, 0.717) is 15.8 Å². The molecule has 0 bridgehead atoms. The van der Waals surface area contributed by atoms with Crippen LogP contribution in [-0.4, -0.2) is 18.7 Å². The Kier molecular flexibility index (Phi) is 3.97. The summed E-state index contributed by atoms with van der Waals surface area (Å²) in [6, 6.07) is 5.19. The van der Waals surface area contributed by atoms with Gasteiger partial charge in [-0.2, -0.15) is 0 Å². The van der Waals surface area contributed by atoms with Gasteiger partial charge in [0, 0.05) is 4.47 Å². The van der Waals surface area contributed by atoms with Crippen molar-refractivity contribution >= 4 is 21.9 Å². The molecule has 0 atom stereocenters. The van der Waals surface area contributed by atoms with E-state index in [1.54, 1.807) is 25.3 Å². The lowest BCUT2D eigenvalue weighted by atomic mass is 10.1. The lowest BCUT2D eigenvalue weighted by molar-refractivity contribution is 0.00681. The van der Waals surface area contributed by atoms with Gasteiger partial charge in [-0.15, -0.1) is 0 Å². The van der Waals surface area contributed by atoms with Crippen LogP contribution in [0.15, 0.2) is 22.7 Å². The third kappa shape index (κ3) is 3.52. The molecule has 0 aliphatic heterocycles. The molecule has 0 radical (unpaired) electrons. The molecule has 0 N–H and O–H groups in total. The minimum Gasteiger partial charge on any atom is -0.497 e. The van der Waals surface area contributed by atoms with E-state index in [1.807, 2.05) is 20.8 Å². The third-order valence-corrected chi connectivity index (χ3v) is 2.48. The van der Waals surface area contributed by atoms with Crippen molar-refractivity contribution in [1.29, 1.82) is 0 Å². The highest BCUT2D eigenvalue weighted by molar-refractivity contribution is 9.10. The number of halogens is 1. The van der Waals surface area contributed by atoms with Gasteiger partial charge >= 0.3 is 5.97 Å². The Hall–Kier alpha value is -1.03. The Morgan fingerprint density at radius 1 is 1.31 bits per heavy atom. The minimum atomic E-state index is -0.500. The second-order valence-electron chi connectivity index (χ2n) is 4.35. The van der Waals surface area contributed by atoms with Gasteiger partial charge in [0.05, 0.1) is 12.7 Å². The first-order chi connectivity index (χ1) is 7.33. The Labute approximate surface area is 104 Å². The monoisotopic (exact) mass is 286 g/mol. The van der Waals surface area contributed by atoms with E-state index in [0.717, 1.165) is 0 Å². The molecule has 16 heavy (non-hydrogen) atoms. The zero-order valence-electron chi connectivity index (χ0n) is 9.83. The van der Waals surface area contributed by atoms with Gasteiger partial charge in [0.2, 0.25) is 0 Å². The quantitative estimate of drug-likeness (QED) is 0.782. The van der Waals surface area contributed by atoms with E-state index in [2.05, 4.69) is 15.9 Å². The summed E-state index contributed by atoms with van der Waals surface area (Å²) in [5, 5.41) is 0. The number of carbonyl (C=O) groups is 1. The molecule has 1 rings (SSSR count). The van der Waals surface area contributed by atoms with Crippen LogP contribution in [0, 0.1) is 0 Å². The van der Waals surface area contributed by atoms with Gasteiger partial charge in [0.25, 0.3) is 0 Å². The van der Waals surface area contributed by atoms with E-state index >= 15 is 0 Å². The molecule has 1 aromatic rings. The lowest BCUT2D eigenvalue weighted by Gasteiger charge is -2.20. The van der Waals surface area contributed by atoms with Gasteiger partial charge in [0.1, 0.15) is 11.4 Å². The number of hydrogen-bond acceptors (Lipinski definition) is 3. The highest BCUT2D eigenvalue weighted by Gasteiger charge is 2.20. The topological polar surface area (TPSA) is 35.5 Å². The van der Waals surface area contributed by atoms with Crippen LogP contribution >= 0.6 is 15.9 Å². The molecule has 88 valence electrons. The van der Waals surface area contributed by atoms with Crippen molar-refractivity contribution in [3.05, 3.63) is 28.2 Å². The zero-order valence-corrected chi connectivity index (χ0v) is 11.4. The van der Waals surface area contributed by atoms with Gasteiger partial charge in [-0.05, 0) is 54.9 Å². The van der Waals surface area contributed by atoms with E-state index in [1.165, 1.54) is 0 Å². The maximum atomic E-state index is 11.8. The second kappa shape index (κ2) is 4.87. The highest BCUT2D eigenvalue weighted by atomic mass is 79.9. The standard InChI is InChI=1S/C12H15BrO3/c1-12(2,3)16-11(14)9-7-8(15-4)5-6-10(9)13/h5-7H,1-4H3. The Morgan fingerprint density at radius 3 is 2.44 bits per heavy atom. The van der Waals surface area contributed by atoms with Crippen LogP contribution in [0.1, 0.15) is 31.1 Å². The van der Waals surface area contributed by atoms with E-state index in [4.69, 9.17) is 9.47 Å². The molecule has 3 nitrogen and oxygen atoms in total. The fourth-order valence-electron chi connectivity index (χ4n) is 1.12. The van der Waals surface area contributed by atoms with Gasteiger partial charge < -0.3 is 9.47 Å². The van der Waals surface area contributed by atoms with Crippen molar-refractivity contribution in [3.63, 3.8) is 0 Å². The predicted octanol–water partition coefficient (Wildman–Crippen LogP) is 3.41. The molecule has 0 saturated heterocycles. The summed E-state index contributed by atoms with van der Waals surface area (Å²) >= 11 is 3.31. The number of rotatable bonds is 2. The second-order valence-corrected chi connectivity index (χ2v) is 5.20. The average Bonchev–Trinajstić information content (AvgIpc) is 2.15. The van der Waals surface area contributed by atoms with Gasteiger partial charge in [-0.1, -0.05) is 0 Å². The smallest absolute Gasteiger partial charge is 0.339 e. The number of carbonyl (C=O) groups excluding carboxylic acids is 1. The maximum absolute atomic E-state index is 11.8. The molecule has 0 aliphatic carbocycles. The van der Waals surface area contributed by atoms with Crippen LogP contribution in [0.5, 0.6) is 5.75 Å². The van der Waals surface area contributed by atoms with Crippen molar-refractivity contribution in [2.45, 2.75) is 26.4 Å². The molecule has 0 aromatic heterocycles. The van der Waals surface area contributed by atoms with Crippen molar-refractivity contribution in [2.75, 3.05) is 7.11 Å². The number of methoxy groups -OCH3 is 1. The van der Waals surface area contributed by atoms with E-state index < -0.39 is 5.60 Å². The summed E-state index contributed by atoms with van der Waals surface area (Å²) < 4.78 is 11.0. The number of benzene rings is 1. The van der Waals surface area contributed by atoms with E-state index in [-0.39, 0.29) is 5.97 Å². The lowest BCUT2D eigenvalue weighted by Crippen LogP contribution is -2.24. The fourth-order valence-corrected chi connectivity index (χ4v) is 1.53. The summed E-state index contributed by atoms with van der Waals surface area (Å²) in [7, 11) is 1.56. The molecule has 0 spiro atoms. The van der Waals surface area contributed by atoms with Crippen LogP contribution in [0.25, 0.3) is 0 Å². The normalized spacial score (nSPS) is 11.1. The van der Waals surface area contributed by atoms with Gasteiger partial charge in [-0.3, -0.25) is 0 Å². The summed E-state index contributed by atoms with van der Waals surface area (Å²) in [6.07, 6.45) is 0. The first-order valence-corrected chi connectivity index (χ1v) is 5.69. The van der Waals surface area contributed by atoms with Crippen LogP contribution in [0.3, 0.4) is 0 Å². The molecule has 0 aliphatic rings. The largest absolute Gasteiger partial charge is 0.497 e. The van der Waals surface area contributed by atoms with Crippen LogP contribution in [0.4, 0.5) is 0 Å². The van der Waals surface area contributed by atoms with Crippen molar-refractivity contribution in [1.82, 2.24) is 0 Å². The average molecular weight is 287 g/mol. The summed E-state index contributed by atoms with van der Waals surface area (Å²) in [5.41, 5.74) is -0.0335. The predicted molar refractivity (Wildman–Crippen MR) is 65.9 cm³/mol. The summed E-state index contributed by atoms with van der Waals surface area (Å²) in [6.45, 7) is 5.50. The number of esters is 1. The van der Waals surface area contributed by atoms with Gasteiger partial charge in [-0.25, -0.2) is 4.79 Å². The highest BCUT2D eigenvalue weighted by Crippen LogP contribution is 2.24. The number of ether oxygens (including phenoxy) is 2. The molecule has 0 fully saturated rings. The molecular weight excluding hydrogens is 272 g/mol. The molecule has 1 aromatic carbocycles. The minimum absolute atomic E-state index is 0.363. The van der Waals surface area contributed by atoms with Crippen LogP contribution in [0.2, 0.25) is 0 Å². The summed E-state index contributed by atoms with van der Waals surface area (Å²) in [5.74, 6) is 0.266. The first-order valence-electron chi connectivity index (χ1n) is 4.90. The number of hydrogen-bond donors (Lipinski definition) is 0. The molecule has 0 amide bonds.